The highest BCUT2D eigenvalue weighted by atomic mass is 32.2. The van der Waals surface area contributed by atoms with Gasteiger partial charge >= 0.3 is 0 Å². The number of rotatable bonds is 2. The summed E-state index contributed by atoms with van der Waals surface area (Å²) in [6.07, 6.45) is 2.25. The lowest BCUT2D eigenvalue weighted by Gasteiger charge is -1.99. The van der Waals surface area contributed by atoms with Crippen LogP contribution in [0.25, 0.3) is 21.9 Å². The Balaban J connectivity index is 2.42. The quantitative estimate of drug-likeness (QED) is 0.723. The zero-order chi connectivity index (χ0) is 15.4. The average Bonchev–Trinajstić information content (AvgIpc) is 2.73. The molecule has 3 aromatic rings. The SMILES string of the molecule is CS(=O)(=O)c1ccc2oc3ccc(S(C)(=O)=O)cc3c2c1. The molecule has 0 saturated carbocycles. The Morgan fingerprint density at radius 3 is 1.43 bits per heavy atom. The molecule has 1 aromatic heterocycles. The zero-order valence-corrected chi connectivity index (χ0v) is 13.0. The monoisotopic (exact) mass is 324 g/mol. The first kappa shape index (κ1) is 14.1. The molecular weight excluding hydrogens is 312 g/mol. The minimum atomic E-state index is -3.34. The fourth-order valence-electron chi connectivity index (χ4n) is 2.20. The molecule has 0 aliphatic heterocycles. The predicted octanol–water partition coefficient (Wildman–Crippen LogP) is 2.39. The first-order chi connectivity index (χ1) is 9.66. The van der Waals surface area contributed by atoms with E-state index in [2.05, 4.69) is 0 Å². The summed E-state index contributed by atoms with van der Waals surface area (Å²) in [4.78, 5) is 0.338. The largest absolute Gasteiger partial charge is 0.456 e. The summed E-state index contributed by atoms with van der Waals surface area (Å²) in [7, 11) is -6.68. The summed E-state index contributed by atoms with van der Waals surface area (Å²) in [5.74, 6) is 0. The second-order valence-electron chi connectivity index (χ2n) is 4.96. The van der Waals surface area contributed by atoms with Crippen molar-refractivity contribution in [2.75, 3.05) is 12.5 Å². The lowest BCUT2D eigenvalue weighted by Crippen LogP contribution is -1.96. The standard InChI is InChI=1S/C14H12O5S2/c1-20(15,16)9-3-5-13-11(7-9)12-8-10(21(2,17)18)4-6-14(12)19-13/h3-8H,1-2H3. The molecule has 7 heteroatoms. The summed E-state index contributed by atoms with van der Waals surface area (Å²) >= 11 is 0. The van der Waals surface area contributed by atoms with Crippen LogP contribution in [0.15, 0.2) is 50.6 Å². The predicted molar refractivity (Wildman–Crippen MR) is 79.9 cm³/mol. The number of sulfone groups is 2. The summed E-state index contributed by atoms with van der Waals surface area (Å²) in [5.41, 5.74) is 1.03. The fraction of sp³-hybridized carbons (Fsp3) is 0.143. The molecule has 0 unspecified atom stereocenters. The van der Waals surface area contributed by atoms with Gasteiger partial charge in [0.1, 0.15) is 11.2 Å². The number of hydrogen-bond donors (Lipinski definition) is 0. The van der Waals surface area contributed by atoms with Crippen molar-refractivity contribution in [2.45, 2.75) is 9.79 Å². The third-order valence-electron chi connectivity index (χ3n) is 3.27. The number of benzene rings is 2. The van der Waals surface area contributed by atoms with Gasteiger partial charge in [0.2, 0.25) is 0 Å². The fourth-order valence-corrected chi connectivity index (χ4v) is 3.49. The minimum Gasteiger partial charge on any atom is -0.456 e. The lowest BCUT2D eigenvalue weighted by atomic mass is 10.1. The molecule has 0 bridgehead atoms. The van der Waals surface area contributed by atoms with Crippen molar-refractivity contribution in [3.63, 3.8) is 0 Å². The first-order valence-electron chi connectivity index (χ1n) is 6.03. The molecule has 0 radical (unpaired) electrons. The maximum atomic E-state index is 11.6. The molecule has 0 spiro atoms. The van der Waals surface area contributed by atoms with Crippen LogP contribution >= 0.6 is 0 Å². The number of fused-ring (bicyclic) bond motifs is 3. The van der Waals surface area contributed by atoms with E-state index in [-0.39, 0.29) is 9.79 Å². The minimum absolute atomic E-state index is 0.169. The van der Waals surface area contributed by atoms with E-state index >= 15 is 0 Å². The van der Waals surface area contributed by atoms with Crippen LogP contribution in [-0.2, 0) is 19.7 Å². The molecule has 0 fully saturated rings. The molecule has 3 rings (SSSR count). The maximum absolute atomic E-state index is 11.6. The van der Waals surface area contributed by atoms with Crippen LogP contribution in [0, 0.1) is 0 Å². The third kappa shape index (κ3) is 2.43. The molecule has 0 aliphatic carbocycles. The van der Waals surface area contributed by atoms with Gasteiger partial charge < -0.3 is 4.42 Å². The highest BCUT2D eigenvalue weighted by Crippen LogP contribution is 2.32. The molecule has 0 saturated heterocycles. The first-order valence-corrected chi connectivity index (χ1v) is 9.81. The lowest BCUT2D eigenvalue weighted by molar-refractivity contribution is 0.600. The zero-order valence-electron chi connectivity index (χ0n) is 11.3. The summed E-state index contributed by atoms with van der Waals surface area (Å²) < 4.78 is 52.1. The van der Waals surface area contributed by atoms with Crippen LogP contribution in [0.3, 0.4) is 0 Å². The van der Waals surface area contributed by atoms with Crippen LogP contribution in [0.5, 0.6) is 0 Å². The van der Waals surface area contributed by atoms with Gasteiger partial charge in [-0.1, -0.05) is 0 Å². The second-order valence-corrected chi connectivity index (χ2v) is 8.99. The van der Waals surface area contributed by atoms with E-state index in [0.717, 1.165) is 12.5 Å². The van der Waals surface area contributed by atoms with Crippen molar-refractivity contribution in [2.24, 2.45) is 0 Å². The summed E-state index contributed by atoms with van der Waals surface area (Å²) in [5, 5.41) is 1.16. The Morgan fingerprint density at radius 1 is 0.714 bits per heavy atom. The van der Waals surface area contributed by atoms with Gasteiger partial charge in [0.25, 0.3) is 0 Å². The van der Waals surface area contributed by atoms with E-state index in [1.807, 2.05) is 0 Å². The average molecular weight is 324 g/mol. The summed E-state index contributed by atoms with van der Waals surface area (Å²) in [6, 6.07) is 9.10. The van der Waals surface area contributed by atoms with Gasteiger partial charge in [-0.25, -0.2) is 16.8 Å². The second kappa shape index (κ2) is 4.32. The summed E-state index contributed by atoms with van der Waals surface area (Å²) in [6.45, 7) is 0. The molecular formula is C14H12O5S2. The van der Waals surface area contributed by atoms with Crippen molar-refractivity contribution >= 4 is 41.6 Å². The highest BCUT2D eigenvalue weighted by Gasteiger charge is 2.15. The van der Waals surface area contributed by atoms with Crippen LogP contribution < -0.4 is 0 Å². The molecule has 110 valence electrons. The Hall–Kier alpha value is -1.86. The van der Waals surface area contributed by atoms with Crippen molar-refractivity contribution < 1.29 is 21.3 Å². The van der Waals surface area contributed by atoms with E-state index in [4.69, 9.17) is 4.42 Å². The van der Waals surface area contributed by atoms with Gasteiger partial charge in [-0.2, -0.15) is 0 Å². The smallest absolute Gasteiger partial charge is 0.175 e. The molecule has 0 aliphatic rings. The van der Waals surface area contributed by atoms with Crippen molar-refractivity contribution in [3.05, 3.63) is 36.4 Å². The Bertz CT molecular complexity index is 987. The van der Waals surface area contributed by atoms with E-state index in [9.17, 15) is 16.8 Å². The van der Waals surface area contributed by atoms with Gasteiger partial charge in [0.15, 0.2) is 19.7 Å². The Kier molecular flexibility index (Phi) is 2.90. The van der Waals surface area contributed by atoms with Crippen LogP contribution in [0.2, 0.25) is 0 Å². The van der Waals surface area contributed by atoms with E-state index < -0.39 is 19.7 Å². The maximum Gasteiger partial charge on any atom is 0.175 e. The molecule has 0 amide bonds. The van der Waals surface area contributed by atoms with Gasteiger partial charge in [-0.15, -0.1) is 0 Å². The highest BCUT2D eigenvalue weighted by molar-refractivity contribution is 7.91. The Labute approximate surface area is 122 Å². The van der Waals surface area contributed by atoms with Crippen LogP contribution in [0.1, 0.15) is 0 Å². The molecule has 0 N–H and O–H groups in total. The van der Waals surface area contributed by atoms with E-state index in [1.165, 1.54) is 24.3 Å². The van der Waals surface area contributed by atoms with Crippen LogP contribution in [-0.4, -0.2) is 29.3 Å². The van der Waals surface area contributed by atoms with Gasteiger partial charge in [-0.3, -0.25) is 0 Å². The van der Waals surface area contributed by atoms with Crippen molar-refractivity contribution in [1.29, 1.82) is 0 Å². The van der Waals surface area contributed by atoms with Crippen molar-refractivity contribution in [1.82, 2.24) is 0 Å². The molecule has 0 atom stereocenters. The third-order valence-corrected chi connectivity index (χ3v) is 5.49. The molecule has 1 heterocycles. The molecule has 2 aromatic carbocycles. The van der Waals surface area contributed by atoms with Crippen LogP contribution in [0.4, 0.5) is 0 Å². The Morgan fingerprint density at radius 2 is 1.10 bits per heavy atom. The van der Waals surface area contributed by atoms with E-state index in [0.29, 0.717) is 21.9 Å². The molecule has 21 heavy (non-hydrogen) atoms. The normalized spacial score (nSPS) is 13.0. The molecule has 5 nitrogen and oxygen atoms in total. The van der Waals surface area contributed by atoms with Gasteiger partial charge in [-0.05, 0) is 36.4 Å². The van der Waals surface area contributed by atoms with Gasteiger partial charge in [0.05, 0.1) is 9.79 Å². The topological polar surface area (TPSA) is 81.4 Å². The van der Waals surface area contributed by atoms with E-state index in [1.54, 1.807) is 12.1 Å². The van der Waals surface area contributed by atoms with Gasteiger partial charge in [0, 0.05) is 23.3 Å². The van der Waals surface area contributed by atoms with Crippen molar-refractivity contribution in [3.8, 4) is 0 Å². The number of furan rings is 1. The number of hydrogen-bond acceptors (Lipinski definition) is 5.